The largest absolute Gasteiger partial charge is 0.309 e. The van der Waals surface area contributed by atoms with Gasteiger partial charge >= 0.3 is 0 Å². The smallest absolute Gasteiger partial charge is 0.0436 e. The maximum absolute atomic E-state index is 11.3. The lowest BCUT2D eigenvalue weighted by atomic mass is 10.1. The first-order valence-electron chi connectivity index (χ1n) is 5.79. The molecule has 0 aliphatic rings. The van der Waals surface area contributed by atoms with Crippen molar-refractivity contribution >= 4 is 10.8 Å². The molecular weight excluding hydrogens is 218 g/mol. The summed E-state index contributed by atoms with van der Waals surface area (Å²) in [6.45, 7) is 5.13. The normalized spacial score (nSPS) is 14.7. The zero-order chi connectivity index (χ0) is 12.0. The summed E-state index contributed by atoms with van der Waals surface area (Å²) < 4.78 is 11.3. The number of rotatable bonds is 6. The fraction of sp³-hybridized carbons (Fsp3) is 0.538. The molecule has 2 atom stereocenters. The molecule has 1 aromatic carbocycles. The molecule has 2 nitrogen and oxygen atoms in total. The Morgan fingerprint density at radius 1 is 1.25 bits per heavy atom. The lowest BCUT2D eigenvalue weighted by Crippen LogP contribution is -2.25. The zero-order valence-corrected chi connectivity index (χ0v) is 11.1. The molecular formula is C13H21NOS. The molecule has 90 valence electrons. The number of hydrogen-bond donors (Lipinski definition) is 1. The van der Waals surface area contributed by atoms with Crippen molar-refractivity contribution in [1.82, 2.24) is 5.32 Å². The molecule has 0 bridgehead atoms. The van der Waals surface area contributed by atoms with Crippen LogP contribution in [-0.4, -0.2) is 22.8 Å². The zero-order valence-electron chi connectivity index (χ0n) is 10.3. The average Bonchev–Trinajstić information content (AvgIpc) is 2.28. The highest BCUT2D eigenvalue weighted by Gasteiger charge is 2.11. The molecule has 3 heteroatoms. The van der Waals surface area contributed by atoms with Crippen LogP contribution in [0, 0.1) is 0 Å². The summed E-state index contributed by atoms with van der Waals surface area (Å²) in [5.41, 5.74) is 2.57. The molecule has 1 N–H and O–H groups in total. The van der Waals surface area contributed by atoms with Crippen molar-refractivity contribution in [2.75, 3.05) is 18.6 Å². The van der Waals surface area contributed by atoms with Crippen LogP contribution in [0.3, 0.4) is 0 Å². The Morgan fingerprint density at radius 2 is 1.88 bits per heavy atom. The molecule has 0 saturated carbocycles. The highest BCUT2D eigenvalue weighted by atomic mass is 32.2. The van der Waals surface area contributed by atoms with Gasteiger partial charge in [-0.15, -0.1) is 0 Å². The molecule has 16 heavy (non-hydrogen) atoms. The quantitative estimate of drug-likeness (QED) is 0.825. The molecule has 0 saturated heterocycles. The fourth-order valence-corrected chi connectivity index (χ4v) is 2.52. The number of nitrogens with one attached hydrogen (secondary N) is 1. The van der Waals surface area contributed by atoms with E-state index in [1.165, 1.54) is 11.1 Å². The minimum Gasteiger partial charge on any atom is -0.309 e. The second-order valence-corrected chi connectivity index (χ2v) is 5.42. The Kier molecular flexibility index (Phi) is 5.71. The summed E-state index contributed by atoms with van der Waals surface area (Å²) in [6, 6.07) is 8.79. The van der Waals surface area contributed by atoms with Gasteiger partial charge in [0.05, 0.1) is 0 Å². The van der Waals surface area contributed by atoms with Crippen molar-refractivity contribution in [3.8, 4) is 0 Å². The lowest BCUT2D eigenvalue weighted by Gasteiger charge is -2.17. The monoisotopic (exact) mass is 239 g/mol. The molecule has 2 unspecified atom stereocenters. The van der Waals surface area contributed by atoms with Gasteiger partial charge in [-0.1, -0.05) is 38.1 Å². The van der Waals surface area contributed by atoms with Gasteiger partial charge in [0.25, 0.3) is 0 Å². The van der Waals surface area contributed by atoms with Crippen LogP contribution in [0.2, 0.25) is 0 Å². The van der Waals surface area contributed by atoms with Gasteiger partial charge in [0.2, 0.25) is 0 Å². The van der Waals surface area contributed by atoms with Gasteiger partial charge < -0.3 is 5.32 Å². The molecule has 0 aliphatic carbocycles. The van der Waals surface area contributed by atoms with E-state index in [9.17, 15) is 4.21 Å². The summed E-state index contributed by atoms with van der Waals surface area (Å²) in [5, 5.41) is 3.37. The van der Waals surface area contributed by atoms with Crippen molar-refractivity contribution in [1.29, 1.82) is 0 Å². The van der Waals surface area contributed by atoms with Gasteiger partial charge in [0.15, 0.2) is 0 Å². The minimum absolute atomic E-state index is 0.210. The third kappa shape index (κ3) is 4.06. The first-order valence-corrected chi connectivity index (χ1v) is 7.52. The van der Waals surface area contributed by atoms with Gasteiger partial charge in [-0.3, -0.25) is 4.21 Å². The van der Waals surface area contributed by atoms with Crippen molar-refractivity contribution in [3.63, 3.8) is 0 Å². The topological polar surface area (TPSA) is 29.1 Å². The van der Waals surface area contributed by atoms with Crippen LogP contribution in [0.1, 0.15) is 31.0 Å². The van der Waals surface area contributed by atoms with Crippen molar-refractivity contribution in [2.45, 2.75) is 26.3 Å². The van der Waals surface area contributed by atoms with E-state index in [2.05, 4.69) is 43.4 Å². The molecule has 1 aromatic rings. The Balaban J connectivity index is 2.79. The summed E-state index contributed by atoms with van der Waals surface area (Å²) >= 11 is 0. The average molecular weight is 239 g/mol. The Bertz CT molecular complexity index is 334. The molecule has 0 radical (unpaired) electrons. The van der Waals surface area contributed by atoms with Crippen LogP contribution >= 0.6 is 0 Å². The summed E-state index contributed by atoms with van der Waals surface area (Å²) in [6.07, 6.45) is 2.82. The maximum Gasteiger partial charge on any atom is 0.0436 e. The predicted octanol–water partition coefficient (Wildman–Crippen LogP) is 2.28. The van der Waals surface area contributed by atoms with E-state index in [-0.39, 0.29) is 6.04 Å². The maximum atomic E-state index is 11.3. The van der Waals surface area contributed by atoms with E-state index >= 15 is 0 Å². The molecule has 0 aliphatic heterocycles. The van der Waals surface area contributed by atoms with Crippen LogP contribution in [0.4, 0.5) is 0 Å². The lowest BCUT2D eigenvalue weighted by molar-refractivity contribution is 0.595. The van der Waals surface area contributed by atoms with E-state index in [1.807, 2.05) is 0 Å². The third-order valence-electron chi connectivity index (χ3n) is 2.64. The molecule has 0 amide bonds. The standard InChI is InChI=1S/C13H21NOS/c1-4-11-6-8-12(9-7-11)13(14-5-2)10-16(3)15/h6-9,13-14H,4-5,10H2,1-3H3. The SMILES string of the molecule is CCNC(CS(C)=O)c1ccc(CC)cc1. The molecule has 0 aromatic heterocycles. The number of aryl methyl sites for hydroxylation is 1. The van der Waals surface area contributed by atoms with Gasteiger partial charge in [0, 0.05) is 28.9 Å². The van der Waals surface area contributed by atoms with Crippen molar-refractivity contribution < 1.29 is 4.21 Å². The van der Waals surface area contributed by atoms with E-state index < -0.39 is 10.8 Å². The van der Waals surface area contributed by atoms with Gasteiger partial charge in [-0.25, -0.2) is 0 Å². The first kappa shape index (κ1) is 13.4. The third-order valence-corrected chi connectivity index (χ3v) is 3.44. The summed E-state index contributed by atoms with van der Waals surface area (Å²) in [7, 11) is -0.767. The highest BCUT2D eigenvalue weighted by Crippen LogP contribution is 2.15. The van der Waals surface area contributed by atoms with E-state index in [0.717, 1.165) is 13.0 Å². The van der Waals surface area contributed by atoms with E-state index in [0.29, 0.717) is 5.75 Å². The Morgan fingerprint density at radius 3 is 2.31 bits per heavy atom. The highest BCUT2D eigenvalue weighted by molar-refractivity contribution is 7.84. The second-order valence-electron chi connectivity index (χ2n) is 3.95. The number of hydrogen-bond acceptors (Lipinski definition) is 2. The minimum atomic E-state index is -0.767. The molecule has 0 heterocycles. The predicted molar refractivity (Wildman–Crippen MR) is 71.2 cm³/mol. The van der Waals surface area contributed by atoms with Crippen molar-refractivity contribution in [2.24, 2.45) is 0 Å². The van der Waals surface area contributed by atoms with Crippen LogP contribution in [0.15, 0.2) is 24.3 Å². The van der Waals surface area contributed by atoms with Crippen LogP contribution in [0.25, 0.3) is 0 Å². The number of benzene rings is 1. The van der Waals surface area contributed by atoms with Gasteiger partial charge in [-0.2, -0.15) is 0 Å². The van der Waals surface area contributed by atoms with E-state index in [1.54, 1.807) is 6.26 Å². The first-order chi connectivity index (χ1) is 7.67. The van der Waals surface area contributed by atoms with Crippen LogP contribution < -0.4 is 5.32 Å². The van der Waals surface area contributed by atoms with Crippen molar-refractivity contribution in [3.05, 3.63) is 35.4 Å². The van der Waals surface area contributed by atoms with E-state index in [4.69, 9.17) is 0 Å². The Hall–Kier alpha value is -0.670. The summed E-state index contributed by atoms with van der Waals surface area (Å²) in [5.74, 6) is 0.680. The van der Waals surface area contributed by atoms with Gasteiger partial charge in [0.1, 0.15) is 0 Å². The van der Waals surface area contributed by atoms with Crippen LogP contribution in [-0.2, 0) is 17.2 Å². The fourth-order valence-electron chi connectivity index (χ4n) is 1.74. The molecule has 0 fully saturated rings. The molecule has 1 rings (SSSR count). The van der Waals surface area contributed by atoms with Crippen LogP contribution in [0.5, 0.6) is 0 Å². The van der Waals surface area contributed by atoms with Gasteiger partial charge in [-0.05, 0) is 24.1 Å². The molecule has 0 spiro atoms. The second kappa shape index (κ2) is 6.81. The Labute approximate surface area is 101 Å². The summed E-state index contributed by atoms with van der Waals surface area (Å²) in [4.78, 5) is 0.